The van der Waals surface area contributed by atoms with Gasteiger partial charge in [-0.3, -0.25) is 19.8 Å². The first kappa shape index (κ1) is 24.5. The minimum atomic E-state index is -0.140. The van der Waals surface area contributed by atoms with E-state index in [4.69, 9.17) is 33.2 Å². The second-order valence-electron chi connectivity index (χ2n) is 10.3. The second kappa shape index (κ2) is 10.2. The molecule has 3 heterocycles. The van der Waals surface area contributed by atoms with Gasteiger partial charge in [-0.25, -0.2) is 0 Å². The molecule has 3 aromatic rings. The fraction of sp³-hybridized carbons (Fsp3) is 0.379. The number of rotatable bonds is 6. The number of hydrogen-bond acceptors (Lipinski definition) is 6. The van der Waals surface area contributed by atoms with Gasteiger partial charge in [-0.05, 0) is 87.0 Å². The molecule has 6 nitrogen and oxygen atoms in total. The molecule has 0 amide bonds. The van der Waals surface area contributed by atoms with Crippen molar-refractivity contribution in [3.05, 3.63) is 52.1 Å². The van der Waals surface area contributed by atoms with Crippen LogP contribution in [-0.4, -0.2) is 58.4 Å². The molecule has 2 fully saturated rings. The predicted octanol–water partition coefficient (Wildman–Crippen LogP) is 6.91. The van der Waals surface area contributed by atoms with E-state index in [1.54, 1.807) is 18.3 Å². The third-order valence-electron chi connectivity index (χ3n) is 7.49. The lowest BCUT2D eigenvalue weighted by Crippen LogP contribution is -2.31. The lowest BCUT2D eigenvalue weighted by atomic mass is 9.98. The van der Waals surface area contributed by atoms with Crippen LogP contribution in [0, 0.1) is 5.92 Å². The van der Waals surface area contributed by atoms with Gasteiger partial charge in [-0.15, -0.1) is 0 Å². The molecular formula is C29H28Cl2N4O2. The summed E-state index contributed by atoms with van der Waals surface area (Å²) in [7, 11) is 0. The number of aromatic nitrogens is 1. The largest absolute Gasteiger partial charge is 0.505 e. The molecule has 190 valence electrons. The minimum Gasteiger partial charge on any atom is -0.505 e. The monoisotopic (exact) mass is 534 g/mol. The maximum Gasteiger partial charge on any atom is 0.169 e. The van der Waals surface area contributed by atoms with E-state index in [2.05, 4.69) is 9.88 Å². The minimum absolute atomic E-state index is 0.0564. The smallest absolute Gasteiger partial charge is 0.169 e. The van der Waals surface area contributed by atoms with E-state index in [0.717, 1.165) is 60.0 Å². The standard InChI is InChI=1S/C29H28Cl2N4O2/c30-24-12-19(13-25(31)29(24)37)18-5-8-26-22(11-18)27(23(15-33-26)28(36)17-3-4-17)34-20-6-7-21(32-14-20)16-35-9-1-2-10-35/h5,8,11-15,17,21,37H,1-4,6-7,9-10,16H2. The average Bonchev–Trinajstić information content (AvgIpc) is 3.64. The Morgan fingerprint density at radius 2 is 1.81 bits per heavy atom. The first-order chi connectivity index (χ1) is 18.0. The molecule has 2 aliphatic heterocycles. The molecular weight excluding hydrogens is 507 g/mol. The Morgan fingerprint density at radius 1 is 1.05 bits per heavy atom. The van der Waals surface area contributed by atoms with Crippen molar-refractivity contribution in [2.45, 2.75) is 44.6 Å². The lowest BCUT2D eigenvalue weighted by Gasteiger charge is -2.23. The van der Waals surface area contributed by atoms with Crippen molar-refractivity contribution in [1.82, 2.24) is 9.88 Å². The third-order valence-corrected chi connectivity index (χ3v) is 8.07. The van der Waals surface area contributed by atoms with Gasteiger partial charge in [-0.2, -0.15) is 0 Å². The molecule has 1 saturated carbocycles. The van der Waals surface area contributed by atoms with Crippen molar-refractivity contribution in [2.75, 3.05) is 19.6 Å². The first-order valence-electron chi connectivity index (χ1n) is 12.9. The number of Topliss-reactive ketones (excluding diaryl/α,β-unsaturated/α-hetero) is 1. The van der Waals surface area contributed by atoms with Gasteiger partial charge >= 0.3 is 0 Å². The van der Waals surface area contributed by atoms with Crippen molar-refractivity contribution in [3.63, 3.8) is 0 Å². The maximum absolute atomic E-state index is 13.2. The molecule has 0 radical (unpaired) electrons. The Bertz CT molecular complexity index is 1420. The van der Waals surface area contributed by atoms with Crippen molar-refractivity contribution in [3.8, 4) is 16.9 Å². The number of carbonyl (C=O) groups excluding carboxylic acids is 1. The molecule has 1 aliphatic carbocycles. The van der Waals surface area contributed by atoms with E-state index in [1.807, 2.05) is 24.4 Å². The van der Waals surface area contributed by atoms with Crippen LogP contribution in [0.5, 0.6) is 5.75 Å². The van der Waals surface area contributed by atoms with E-state index in [0.29, 0.717) is 17.3 Å². The summed E-state index contributed by atoms with van der Waals surface area (Å²) in [6.45, 7) is 3.35. The van der Waals surface area contributed by atoms with Gasteiger partial charge < -0.3 is 10.0 Å². The summed E-state index contributed by atoms with van der Waals surface area (Å²) in [5.74, 6) is 0.0223. The van der Waals surface area contributed by atoms with E-state index >= 15 is 0 Å². The molecule has 1 aromatic heterocycles. The van der Waals surface area contributed by atoms with Gasteiger partial charge in [-0.1, -0.05) is 29.3 Å². The van der Waals surface area contributed by atoms with Gasteiger partial charge in [0.2, 0.25) is 0 Å². The SMILES string of the molecule is O=C(c1cnc2ccc(-c3cc(Cl)c(O)c(Cl)c3)cc2c1N=C1C=NC(CN2CCCC2)CC1)C1CC1. The van der Waals surface area contributed by atoms with Crippen molar-refractivity contribution in [2.24, 2.45) is 15.9 Å². The molecule has 1 N–H and O–H groups in total. The topological polar surface area (TPSA) is 78.1 Å². The zero-order valence-electron chi connectivity index (χ0n) is 20.5. The average molecular weight is 535 g/mol. The van der Waals surface area contributed by atoms with Crippen LogP contribution in [0.15, 0.2) is 46.5 Å². The van der Waals surface area contributed by atoms with Crippen LogP contribution >= 0.6 is 23.2 Å². The summed E-state index contributed by atoms with van der Waals surface area (Å²) < 4.78 is 0. The number of nitrogens with zero attached hydrogens (tertiary/aromatic N) is 4. The Morgan fingerprint density at radius 3 is 2.49 bits per heavy atom. The summed E-state index contributed by atoms with van der Waals surface area (Å²) in [5.41, 5.74) is 4.46. The number of ketones is 1. The fourth-order valence-electron chi connectivity index (χ4n) is 5.23. The number of phenolic OH excluding ortho intramolecular Hbond substituents is 1. The number of aromatic hydroxyl groups is 1. The molecule has 3 aliphatic rings. The number of hydrogen-bond donors (Lipinski definition) is 1. The van der Waals surface area contributed by atoms with Gasteiger partial charge in [0, 0.05) is 30.3 Å². The summed E-state index contributed by atoms with van der Waals surface area (Å²) in [6.07, 6.45) is 9.73. The number of aliphatic imine (C=N–C) groups is 2. The third kappa shape index (κ3) is 5.15. The number of fused-ring (bicyclic) bond motifs is 1. The number of benzene rings is 2. The van der Waals surface area contributed by atoms with Crippen LogP contribution in [0.25, 0.3) is 22.0 Å². The molecule has 6 rings (SSSR count). The number of likely N-dealkylation sites (tertiary alicyclic amines) is 1. The Balaban J connectivity index is 1.40. The second-order valence-corrected chi connectivity index (χ2v) is 11.1. The van der Waals surface area contributed by atoms with Crippen LogP contribution < -0.4 is 0 Å². The Hall–Kier alpha value is -2.80. The van der Waals surface area contributed by atoms with Crippen molar-refractivity contribution >= 4 is 57.5 Å². The number of halogens is 2. The number of carbonyl (C=O) groups is 1. The predicted molar refractivity (Wildman–Crippen MR) is 150 cm³/mol. The Labute approximate surface area is 226 Å². The van der Waals surface area contributed by atoms with Crippen LogP contribution in [0.1, 0.15) is 48.9 Å². The highest BCUT2D eigenvalue weighted by Gasteiger charge is 2.33. The molecule has 0 spiro atoms. The van der Waals surface area contributed by atoms with Gasteiger partial charge in [0.05, 0.1) is 38.6 Å². The fourth-order valence-corrected chi connectivity index (χ4v) is 5.72. The quantitative estimate of drug-likeness (QED) is 0.348. The van der Waals surface area contributed by atoms with Gasteiger partial charge in [0.1, 0.15) is 0 Å². The summed E-state index contributed by atoms with van der Waals surface area (Å²) >= 11 is 12.4. The molecule has 37 heavy (non-hydrogen) atoms. The van der Waals surface area contributed by atoms with Crippen LogP contribution in [0.2, 0.25) is 10.0 Å². The summed E-state index contributed by atoms with van der Waals surface area (Å²) in [6, 6.07) is 9.47. The number of pyridine rings is 1. The first-order valence-corrected chi connectivity index (χ1v) is 13.7. The van der Waals surface area contributed by atoms with E-state index in [-0.39, 0.29) is 27.5 Å². The van der Waals surface area contributed by atoms with Crippen molar-refractivity contribution in [1.29, 1.82) is 0 Å². The van der Waals surface area contributed by atoms with Crippen molar-refractivity contribution < 1.29 is 9.90 Å². The van der Waals surface area contributed by atoms with Gasteiger partial charge in [0.15, 0.2) is 11.5 Å². The van der Waals surface area contributed by atoms with E-state index in [9.17, 15) is 9.90 Å². The molecule has 1 saturated heterocycles. The molecule has 1 unspecified atom stereocenters. The summed E-state index contributed by atoms with van der Waals surface area (Å²) in [5, 5.41) is 11.1. The Kier molecular flexibility index (Phi) is 6.74. The molecule has 8 heteroatoms. The van der Waals surface area contributed by atoms with Crippen LogP contribution in [-0.2, 0) is 0 Å². The van der Waals surface area contributed by atoms with E-state index < -0.39 is 0 Å². The zero-order valence-corrected chi connectivity index (χ0v) is 22.0. The molecule has 1 atom stereocenters. The highest BCUT2D eigenvalue weighted by Crippen LogP contribution is 2.41. The van der Waals surface area contributed by atoms with Crippen LogP contribution in [0.3, 0.4) is 0 Å². The maximum atomic E-state index is 13.2. The molecule has 2 aromatic carbocycles. The highest BCUT2D eigenvalue weighted by molar-refractivity contribution is 6.37. The zero-order chi connectivity index (χ0) is 25.5. The van der Waals surface area contributed by atoms with Crippen LogP contribution in [0.4, 0.5) is 5.69 Å². The number of phenols is 1. The van der Waals surface area contributed by atoms with E-state index in [1.165, 1.54) is 25.9 Å². The summed E-state index contributed by atoms with van der Waals surface area (Å²) in [4.78, 5) is 30.2. The van der Waals surface area contributed by atoms with Gasteiger partial charge in [0.25, 0.3) is 0 Å². The normalized spacial score (nSPS) is 21.2. The molecule has 0 bridgehead atoms. The lowest BCUT2D eigenvalue weighted by molar-refractivity contribution is 0.0968. The highest BCUT2D eigenvalue weighted by atomic mass is 35.5.